The summed E-state index contributed by atoms with van der Waals surface area (Å²) in [5, 5.41) is 19.1. The van der Waals surface area contributed by atoms with E-state index in [9.17, 15) is 15.0 Å². The summed E-state index contributed by atoms with van der Waals surface area (Å²) < 4.78 is 5.45. The Kier molecular flexibility index (Phi) is 6.73. The van der Waals surface area contributed by atoms with E-state index in [4.69, 9.17) is 4.74 Å². The van der Waals surface area contributed by atoms with Crippen LogP contribution in [-0.4, -0.2) is 79.0 Å². The summed E-state index contributed by atoms with van der Waals surface area (Å²) >= 11 is 0. The molecule has 3 rings (SSSR count). The fourth-order valence-corrected chi connectivity index (χ4v) is 4.46. The molecule has 0 saturated carbocycles. The SMILES string of the molecule is COc1c(C)cccc1C(=O)N1C[C@@H](CO)[C@@H](CN2CCC(CO)CC2)C1. The van der Waals surface area contributed by atoms with E-state index < -0.39 is 0 Å². The molecule has 150 valence electrons. The predicted octanol–water partition coefficient (Wildman–Crippen LogP) is 1.39. The number of methoxy groups -OCH3 is 1. The van der Waals surface area contributed by atoms with Gasteiger partial charge in [0.25, 0.3) is 5.91 Å². The van der Waals surface area contributed by atoms with Gasteiger partial charge in [0, 0.05) is 38.8 Å². The van der Waals surface area contributed by atoms with E-state index in [1.54, 1.807) is 7.11 Å². The van der Waals surface area contributed by atoms with E-state index in [0.29, 0.717) is 30.3 Å². The van der Waals surface area contributed by atoms with Gasteiger partial charge in [-0.1, -0.05) is 12.1 Å². The fraction of sp³-hybridized carbons (Fsp3) is 0.667. The van der Waals surface area contributed by atoms with Gasteiger partial charge >= 0.3 is 0 Å². The number of ether oxygens (including phenoxy) is 1. The first-order chi connectivity index (χ1) is 13.1. The number of para-hydroxylation sites is 1. The van der Waals surface area contributed by atoms with Crippen molar-refractivity contribution in [3.63, 3.8) is 0 Å². The molecule has 0 aromatic heterocycles. The Bertz CT molecular complexity index is 643. The first-order valence-electron chi connectivity index (χ1n) is 9.94. The van der Waals surface area contributed by atoms with Crippen molar-refractivity contribution in [2.45, 2.75) is 19.8 Å². The number of aryl methyl sites for hydroxylation is 1. The van der Waals surface area contributed by atoms with Crippen molar-refractivity contribution < 1.29 is 19.7 Å². The van der Waals surface area contributed by atoms with Crippen LogP contribution in [0.1, 0.15) is 28.8 Å². The Labute approximate surface area is 161 Å². The topological polar surface area (TPSA) is 73.2 Å². The highest BCUT2D eigenvalue weighted by Gasteiger charge is 2.37. The van der Waals surface area contributed by atoms with Gasteiger partial charge in [-0.05, 0) is 56.3 Å². The second-order valence-electron chi connectivity index (χ2n) is 8.00. The normalized spacial score (nSPS) is 24.4. The summed E-state index contributed by atoms with van der Waals surface area (Å²) in [6.07, 6.45) is 2.05. The van der Waals surface area contributed by atoms with Gasteiger partial charge in [-0.15, -0.1) is 0 Å². The van der Waals surface area contributed by atoms with Crippen LogP contribution in [0.25, 0.3) is 0 Å². The monoisotopic (exact) mass is 376 g/mol. The van der Waals surface area contributed by atoms with Crippen LogP contribution in [-0.2, 0) is 0 Å². The average Bonchev–Trinajstić information content (AvgIpc) is 3.10. The van der Waals surface area contributed by atoms with Gasteiger partial charge in [0.15, 0.2) is 0 Å². The Balaban J connectivity index is 1.65. The molecule has 1 amide bonds. The molecule has 2 heterocycles. The number of piperidine rings is 1. The molecule has 0 unspecified atom stereocenters. The molecule has 6 heteroatoms. The van der Waals surface area contributed by atoms with Gasteiger partial charge in [0.1, 0.15) is 5.75 Å². The maximum Gasteiger partial charge on any atom is 0.257 e. The first kappa shape index (κ1) is 20.1. The molecule has 2 aliphatic rings. The first-order valence-corrected chi connectivity index (χ1v) is 9.94. The van der Waals surface area contributed by atoms with Crippen LogP contribution in [0.5, 0.6) is 5.75 Å². The van der Waals surface area contributed by atoms with Crippen molar-refractivity contribution in [2.75, 3.05) is 53.0 Å². The Hall–Kier alpha value is -1.63. The van der Waals surface area contributed by atoms with Gasteiger partial charge < -0.3 is 24.7 Å². The molecular weight excluding hydrogens is 344 g/mol. The average molecular weight is 376 g/mol. The van der Waals surface area contributed by atoms with E-state index in [0.717, 1.165) is 38.0 Å². The minimum Gasteiger partial charge on any atom is -0.496 e. The molecule has 0 spiro atoms. The van der Waals surface area contributed by atoms with Crippen molar-refractivity contribution in [1.82, 2.24) is 9.80 Å². The highest BCUT2D eigenvalue weighted by atomic mass is 16.5. The lowest BCUT2D eigenvalue weighted by Crippen LogP contribution is -2.40. The molecular formula is C21H32N2O4. The summed E-state index contributed by atoms with van der Waals surface area (Å²) in [5.74, 6) is 1.43. The Morgan fingerprint density at radius 2 is 1.85 bits per heavy atom. The number of likely N-dealkylation sites (tertiary alicyclic amines) is 2. The number of hydrogen-bond acceptors (Lipinski definition) is 5. The quantitative estimate of drug-likeness (QED) is 0.785. The van der Waals surface area contributed by atoms with E-state index in [1.807, 2.05) is 30.0 Å². The third-order valence-corrected chi connectivity index (χ3v) is 6.20. The highest BCUT2D eigenvalue weighted by molar-refractivity contribution is 5.97. The number of amides is 1. The molecule has 2 aliphatic heterocycles. The molecule has 2 N–H and O–H groups in total. The molecule has 2 atom stereocenters. The van der Waals surface area contributed by atoms with E-state index in [2.05, 4.69) is 4.90 Å². The largest absolute Gasteiger partial charge is 0.496 e. The second-order valence-corrected chi connectivity index (χ2v) is 8.00. The van der Waals surface area contributed by atoms with Crippen molar-refractivity contribution in [3.05, 3.63) is 29.3 Å². The van der Waals surface area contributed by atoms with Crippen molar-refractivity contribution in [2.24, 2.45) is 17.8 Å². The standard InChI is InChI=1S/C21H32N2O4/c1-15-4-3-5-19(20(15)27-2)21(26)23-11-17(18(12-23)14-25)10-22-8-6-16(13-24)7-9-22/h3-5,16-18,24-25H,6-14H2,1-2H3/t17-,18-/m0/s1. The zero-order valence-corrected chi connectivity index (χ0v) is 16.4. The molecule has 1 aromatic rings. The van der Waals surface area contributed by atoms with Crippen LogP contribution in [0.4, 0.5) is 0 Å². The lowest BCUT2D eigenvalue weighted by atomic mass is 9.93. The summed E-state index contributed by atoms with van der Waals surface area (Å²) in [4.78, 5) is 17.4. The number of hydrogen-bond donors (Lipinski definition) is 2. The fourth-order valence-electron chi connectivity index (χ4n) is 4.46. The second kappa shape index (κ2) is 9.04. The number of nitrogens with zero attached hydrogens (tertiary/aromatic N) is 2. The number of rotatable bonds is 6. The minimum atomic E-state index is -0.0181. The van der Waals surface area contributed by atoms with Crippen LogP contribution in [0.15, 0.2) is 18.2 Å². The molecule has 1 aromatic carbocycles. The number of aliphatic hydroxyl groups is 2. The van der Waals surface area contributed by atoms with Gasteiger partial charge in [0.2, 0.25) is 0 Å². The van der Waals surface area contributed by atoms with E-state index >= 15 is 0 Å². The maximum atomic E-state index is 13.1. The lowest BCUT2D eigenvalue weighted by molar-refractivity contribution is 0.0772. The predicted molar refractivity (Wildman–Crippen MR) is 104 cm³/mol. The van der Waals surface area contributed by atoms with Gasteiger partial charge in [-0.3, -0.25) is 4.79 Å². The van der Waals surface area contributed by atoms with E-state index in [-0.39, 0.29) is 31.0 Å². The van der Waals surface area contributed by atoms with Crippen LogP contribution < -0.4 is 4.74 Å². The molecule has 6 nitrogen and oxygen atoms in total. The third-order valence-electron chi connectivity index (χ3n) is 6.20. The number of carbonyl (C=O) groups excluding carboxylic acids is 1. The van der Waals surface area contributed by atoms with Crippen LogP contribution in [0.3, 0.4) is 0 Å². The summed E-state index contributed by atoms with van der Waals surface area (Å²) in [6.45, 7) is 6.45. The number of aliphatic hydroxyl groups excluding tert-OH is 2. The smallest absolute Gasteiger partial charge is 0.257 e. The molecule has 2 saturated heterocycles. The number of benzene rings is 1. The van der Waals surface area contributed by atoms with Crippen LogP contribution in [0, 0.1) is 24.7 Å². The summed E-state index contributed by atoms with van der Waals surface area (Å²) in [7, 11) is 1.60. The lowest BCUT2D eigenvalue weighted by Gasteiger charge is -2.33. The number of carbonyl (C=O) groups is 1. The van der Waals surface area contributed by atoms with Crippen molar-refractivity contribution in [1.29, 1.82) is 0 Å². The Morgan fingerprint density at radius 1 is 1.15 bits per heavy atom. The zero-order chi connectivity index (χ0) is 19.4. The highest BCUT2D eigenvalue weighted by Crippen LogP contribution is 2.30. The van der Waals surface area contributed by atoms with Crippen LogP contribution >= 0.6 is 0 Å². The molecule has 0 bridgehead atoms. The minimum absolute atomic E-state index is 0.0181. The Morgan fingerprint density at radius 3 is 2.48 bits per heavy atom. The van der Waals surface area contributed by atoms with Gasteiger partial charge in [0.05, 0.1) is 12.7 Å². The van der Waals surface area contributed by atoms with Crippen LogP contribution in [0.2, 0.25) is 0 Å². The van der Waals surface area contributed by atoms with Crippen molar-refractivity contribution >= 4 is 5.91 Å². The summed E-state index contributed by atoms with van der Waals surface area (Å²) in [5.41, 5.74) is 1.54. The maximum absolute atomic E-state index is 13.1. The summed E-state index contributed by atoms with van der Waals surface area (Å²) in [6, 6.07) is 5.64. The molecule has 2 fully saturated rings. The van der Waals surface area contributed by atoms with Gasteiger partial charge in [-0.2, -0.15) is 0 Å². The molecule has 27 heavy (non-hydrogen) atoms. The molecule has 0 radical (unpaired) electrons. The van der Waals surface area contributed by atoms with E-state index in [1.165, 1.54) is 0 Å². The zero-order valence-electron chi connectivity index (χ0n) is 16.4. The van der Waals surface area contributed by atoms with Crippen molar-refractivity contribution in [3.8, 4) is 5.75 Å². The van der Waals surface area contributed by atoms with Gasteiger partial charge in [-0.25, -0.2) is 0 Å². The molecule has 0 aliphatic carbocycles. The third kappa shape index (κ3) is 4.45.